The highest BCUT2D eigenvalue weighted by atomic mass is 15.2. The Hall–Kier alpha value is -0.860. The SMILES string of the molecule is Cc1cc(C)c(C(C)N(C)C2CCCCC2CN)c(C)c1. The maximum atomic E-state index is 6.02. The maximum absolute atomic E-state index is 6.02. The van der Waals surface area contributed by atoms with Crippen LogP contribution in [0.4, 0.5) is 0 Å². The fraction of sp³-hybridized carbons (Fsp3) is 0.684. The molecule has 1 aromatic rings. The first-order valence-electron chi connectivity index (χ1n) is 8.45. The van der Waals surface area contributed by atoms with Crippen molar-refractivity contribution in [2.75, 3.05) is 13.6 Å². The number of aryl methyl sites for hydroxylation is 3. The summed E-state index contributed by atoms with van der Waals surface area (Å²) in [7, 11) is 2.29. The molecule has 1 aliphatic rings. The summed E-state index contributed by atoms with van der Waals surface area (Å²) in [5.74, 6) is 0.664. The first kappa shape index (κ1) is 16.5. The molecule has 1 saturated carbocycles. The van der Waals surface area contributed by atoms with E-state index in [2.05, 4.69) is 51.8 Å². The van der Waals surface area contributed by atoms with Gasteiger partial charge in [0.25, 0.3) is 0 Å². The van der Waals surface area contributed by atoms with E-state index in [1.54, 1.807) is 0 Å². The minimum Gasteiger partial charge on any atom is -0.330 e. The van der Waals surface area contributed by atoms with Crippen LogP contribution in [0.3, 0.4) is 0 Å². The van der Waals surface area contributed by atoms with Gasteiger partial charge in [-0.2, -0.15) is 0 Å². The lowest BCUT2D eigenvalue weighted by molar-refractivity contribution is 0.0984. The third kappa shape index (κ3) is 3.49. The number of nitrogens with zero attached hydrogens (tertiary/aromatic N) is 1. The van der Waals surface area contributed by atoms with Crippen LogP contribution in [0.5, 0.6) is 0 Å². The second kappa shape index (κ2) is 6.93. The minimum atomic E-state index is 0.461. The summed E-state index contributed by atoms with van der Waals surface area (Å²) in [4.78, 5) is 2.58. The van der Waals surface area contributed by atoms with Gasteiger partial charge >= 0.3 is 0 Å². The molecule has 2 heteroatoms. The Labute approximate surface area is 130 Å². The van der Waals surface area contributed by atoms with E-state index < -0.39 is 0 Å². The molecule has 3 atom stereocenters. The van der Waals surface area contributed by atoms with Crippen molar-refractivity contribution in [1.82, 2.24) is 4.90 Å². The van der Waals surface area contributed by atoms with Gasteiger partial charge in [0.15, 0.2) is 0 Å². The first-order chi connectivity index (χ1) is 9.95. The molecule has 118 valence electrons. The van der Waals surface area contributed by atoms with Gasteiger partial charge in [0.05, 0.1) is 0 Å². The van der Waals surface area contributed by atoms with Crippen LogP contribution in [0.2, 0.25) is 0 Å². The van der Waals surface area contributed by atoms with Crippen LogP contribution in [-0.4, -0.2) is 24.5 Å². The van der Waals surface area contributed by atoms with Crippen molar-refractivity contribution in [3.8, 4) is 0 Å². The van der Waals surface area contributed by atoms with Crippen LogP contribution in [0.25, 0.3) is 0 Å². The van der Waals surface area contributed by atoms with Gasteiger partial charge < -0.3 is 5.73 Å². The molecule has 2 N–H and O–H groups in total. The van der Waals surface area contributed by atoms with E-state index in [1.165, 1.54) is 47.9 Å². The quantitative estimate of drug-likeness (QED) is 0.903. The van der Waals surface area contributed by atoms with E-state index in [0.29, 0.717) is 18.0 Å². The third-order valence-electron chi connectivity index (χ3n) is 5.46. The van der Waals surface area contributed by atoms with Gasteiger partial charge in [-0.3, -0.25) is 4.90 Å². The smallest absolute Gasteiger partial charge is 0.0325 e. The van der Waals surface area contributed by atoms with E-state index in [0.717, 1.165) is 6.54 Å². The molecule has 0 aromatic heterocycles. The molecule has 1 aliphatic carbocycles. The molecule has 0 bridgehead atoms. The van der Waals surface area contributed by atoms with Gasteiger partial charge in [0.1, 0.15) is 0 Å². The van der Waals surface area contributed by atoms with E-state index in [4.69, 9.17) is 5.73 Å². The maximum Gasteiger partial charge on any atom is 0.0325 e. The topological polar surface area (TPSA) is 29.3 Å². The molecule has 0 amide bonds. The van der Waals surface area contributed by atoms with Gasteiger partial charge in [0.2, 0.25) is 0 Å². The zero-order valence-corrected chi connectivity index (χ0v) is 14.4. The zero-order chi connectivity index (χ0) is 15.6. The molecule has 1 fully saturated rings. The summed E-state index contributed by atoms with van der Waals surface area (Å²) in [6.07, 6.45) is 5.30. The lowest BCUT2D eigenvalue weighted by atomic mass is 9.82. The van der Waals surface area contributed by atoms with E-state index >= 15 is 0 Å². The molecule has 0 spiro atoms. The molecule has 0 saturated heterocycles. The summed E-state index contributed by atoms with van der Waals surface area (Å²) >= 11 is 0. The highest BCUT2D eigenvalue weighted by molar-refractivity contribution is 5.39. The second-order valence-corrected chi connectivity index (χ2v) is 7.00. The Morgan fingerprint density at radius 1 is 1.14 bits per heavy atom. The molecule has 2 rings (SSSR count). The van der Waals surface area contributed by atoms with Crippen LogP contribution in [0.15, 0.2) is 12.1 Å². The third-order valence-corrected chi connectivity index (χ3v) is 5.46. The lowest BCUT2D eigenvalue weighted by Crippen LogP contribution is -2.44. The average molecular weight is 288 g/mol. The molecule has 0 aliphatic heterocycles. The standard InChI is InChI=1S/C19H32N2/c1-13-10-14(2)19(15(3)11-13)16(4)21(5)18-9-7-6-8-17(18)12-20/h10-11,16-18H,6-9,12,20H2,1-5H3. The Morgan fingerprint density at radius 2 is 1.71 bits per heavy atom. The first-order valence-corrected chi connectivity index (χ1v) is 8.45. The highest BCUT2D eigenvalue weighted by Crippen LogP contribution is 2.34. The number of nitrogens with two attached hydrogens (primary N) is 1. The minimum absolute atomic E-state index is 0.461. The van der Waals surface area contributed by atoms with Gasteiger partial charge in [0, 0.05) is 12.1 Å². The monoisotopic (exact) mass is 288 g/mol. The molecule has 1 aromatic carbocycles. The Kier molecular flexibility index (Phi) is 5.45. The van der Waals surface area contributed by atoms with Gasteiger partial charge in [-0.05, 0) is 76.7 Å². The Bertz CT molecular complexity index is 457. The van der Waals surface area contributed by atoms with Crippen molar-refractivity contribution in [2.45, 2.75) is 65.5 Å². The van der Waals surface area contributed by atoms with Crippen molar-refractivity contribution >= 4 is 0 Å². The normalized spacial score (nSPS) is 24.3. The summed E-state index contributed by atoms with van der Waals surface area (Å²) in [5, 5.41) is 0. The van der Waals surface area contributed by atoms with E-state index in [-0.39, 0.29) is 0 Å². The number of hydrogen-bond acceptors (Lipinski definition) is 2. The summed E-state index contributed by atoms with van der Waals surface area (Å²) in [6.45, 7) is 9.87. The summed E-state index contributed by atoms with van der Waals surface area (Å²) in [5.41, 5.74) is 11.7. The summed E-state index contributed by atoms with van der Waals surface area (Å²) < 4.78 is 0. The fourth-order valence-electron chi connectivity index (χ4n) is 4.34. The predicted octanol–water partition coefficient (Wildman–Crippen LogP) is 4.12. The van der Waals surface area contributed by atoms with Crippen LogP contribution in [0, 0.1) is 26.7 Å². The highest BCUT2D eigenvalue weighted by Gasteiger charge is 2.30. The van der Waals surface area contributed by atoms with Crippen LogP contribution < -0.4 is 5.73 Å². The lowest BCUT2D eigenvalue weighted by Gasteiger charge is -2.41. The van der Waals surface area contributed by atoms with Gasteiger partial charge in [-0.25, -0.2) is 0 Å². The summed E-state index contributed by atoms with van der Waals surface area (Å²) in [6, 6.07) is 5.73. The van der Waals surface area contributed by atoms with Crippen molar-refractivity contribution in [1.29, 1.82) is 0 Å². The van der Waals surface area contributed by atoms with Crippen molar-refractivity contribution in [2.24, 2.45) is 11.7 Å². The number of rotatable bonds is 4. The van der Waals surface area contributed by atoms with E-state index in [9.17, 15) is 0 Å². The van der Waals surface area contributed by atoms with Crippen molar-refractivity contribution < 1.29 is 0 Å². The zero-order valence-electron chi connectivity index (χ0n) is 14.4. The van der Waals surface area contributed by atoms with E-state index in [1.807, 2.05) is 0 Å². The molecule has 2 nitrogen and oxygen atoms in total. The Morgan fingerprint density at radius 3 is 2.29 bits per heavy atom. The van der Waals surface area contributed by atoms with Crippen molar-refractivity contribution in [3.05, 3.63) is 34.4 Å². The van der Waals surface area contributed by atoms with Gasteiger partial charge in [-0.1, -0.05) is 30.5 Å². The fourth-order valence-corrected chi connectivity index (χ4v) is 4.34. The predicted molar refractivity (Wildman–Crippen MR) is 91.6 cm³/mol. The molecule has 0 heterocycles. The molecule has 0 radical (unpaired) electrons. The van der Waals surface area contributed by atoms with Crippen molar-refractivity contribution in [3.63, 3.8) is 0 Å². The number of hydrogen-bond donors (Lipinski definition) is 1. The average Bonchev–Trinajstić information content (AvgIpc) is 2.45. The van der Waals surface area contributed by atoms with Crippen LogP contribution in [-0.2, 0) is 0 Å². The van der Waals surface area contributed by atoms with Gasteiger partial charge in [-0.15, -0.1) is 0 Å². The van der Waals surface area contributed by atoms with Crippen LogP contribution in [0.1, 0.15) is 60.9 Å². The largest absolute Gasteiger partial charge is 0.330 e. The second-order valence-electron chi connectivity index (χ2n) is 7.00. The molecular formula is C19H32N2. The van der Waals surface area contributed by atoms with Crippen LogP contribution >= 0.6 is 0 Å². The molecular weight excluding hydrogens is 256 g/mol. The Balaban J connectivity index is 2.24. The molecule has 21 heavy (non-hydrogen) atoms. The number of benzene rings is 1. The molecule has 3 unspecified atom stereocenters.